The van der Waals surface area contributed by atoms with Crippen molar-refractivity contribution in [2.45, 2.75) is 38.3 Å². The van der Waals surface area contributed by atoms with E-state index in [1.807, 2.05) is 20.8 Å². The Bertz CT molecular complexity index is 551. The molecule has 1 fully saturated rings. The van der Waals surface area contributed by atoms with Gasteiger partial charge in [-0.2, -0.15) is 4.31 Å². The van der Waals surface area contributed by atoms with Crippen LogP contribution in [0.2, 0.25) is 0 Å². The quantitative estimate of drug-likeness (QED) is 0.838. The highest BCUT2D eigenvalue weighted by Gasteiger charge is 2.38. The van der Waals surface area contributed by atoms with Gasteiger partial charge in [0.1, 0.15) is 6.17 Å². The third kappa shape index (κ3) is 3.15. The second-order valence-corrected chi connectivity index (χ2v) is 8.01. The number of hydrogen-bond donors (Lipinski definition) is 0. The highest BCUT2D eigenvalue weighted by Crippen LogP contribution is 2.33. The molecule has 0 saturated carbocycles. The van der Waals surface area contributed by atoms with Crippen LogP contribution in [-0.4, -0.2) is 32.0 Å². The van der Waals surface area contributed by atoms with E-state index in [9.17, 15) is 12.8 Å². The number of halogens is 1. The van der Waals surface area contributed by atoms with Gasteiger partial charge in [0.15, 0.2) is 0 Å². The van der Waals surface area contributed by atoms with Crippen LogP contribution in [0.3, 0.4) is 0 Å². The summed E-state index contributed by atoms with van der Waals surface area (Å²) < 4.78 is 40.0. The molecule has 2 rings (SSSR count). The minimum absolute atomic E-state index is 0.0420. The Hall–Kier alpha value is -0.940. The largest absolute Gasteiger partial charge is 0.246 e. The average Bonchev–Trinajstić information content (AvgIpc) is 2.26. The molecule has 3 nitrogen and oxygen atoms in total. The lowest BCUT2D eigenvalue weighted by molar-refractivity contribution is 0.101. The summed E-state index contributed by atoms with van der Waals surface area (Å²) in [4.78, 5) is 0.239. The van der Waals surface area contributed by atoms with E-state index in [1.54, 1.807) is 24.3 Å². The van der Waals surface area contributed by atoms with Crippen molar-refractivity contribution in [2.75, 3.05) is 13.1 Å². The molecule has 1 atom stereocenters. The number of nitrogens with zero attached hydrogens (tertiary/aromatic N) is 1. The Balaban J connectivity index is 2.31. The van der Waals surface area contributed by atoms with Gasteiger partial charge < -0.3 is 0 Å². The topological polar surface area (TPSA) is 37.4 Å². The number of aryl methyl sites for hydroxylation is 1. The van der Waals surface area contributed by atoms with Crippen LogP contribution in [0.1, 0.15) is 25.8 Å². The smallest absolute Gasteiger partial charge is 0.243 e. The average molecular weight is 285 g/mol. The predicted octanol–water partition coefficient (Wildman–Crippen LogP) is 2.75. The van der Waals surface area contributed by atoms with Crippen LogP contribution >= 0.6 is 0 Å². The van der Waals surface area contributed by atoms with Crippen molar-refractivity contribution >= 4 is 10.0 Å². The maximum Gasteiger partial charge on any atom is 0.243 e. The van der Waals surface area contributed by atoms with Crippen molar-refractivity contribution in [2.24, 2.45) is 5.41 Å². The van der Waals surface area contributed by atoms with Crippen molar-refractivity contribution in [3.05, 3.63) is 29.8 Å². The molecule has 0 aliphatic carbocycles. The minimum Gasteiger partial charge on any atom is -0.246 e. The second kappa shape index (κ2) is 4.87. The molecule has 1 aliphatic heterocycles. The molecular formula is C14H20FNO2S. The standard InChI is InChI=1S/C14H20FNO2S/c1-11-4-6-13(7-5-11)19(17,18)16-9-12(15)8-14(2,3)10-16/h4-7,12H,8-10H2,1-3H3/t12-/m1/s1. The van der Waals surface area contributed by atoms with Gasteiger partial charge in [-0.25, -0.2) is 12.8 Å². The maximum absolute atomic E-state index is 13.7. The molecule has 1 aromatic rings. The number of rotatable bonds is 2. The third-order valence-corrected chi connectivity index (χ3v) is 5.26. The molecule has 0 spiro atoms. The fraction of sp³-hybridized carbons (Fsp3) is 0.571. The highest BCUT2D eigenvalue weighted by molar-refractivity contribution is 7.89. The van der Waals surface area contributed by atoms with Gasteiger partial charge in [-0.05, 0) is 30.9 Å². The Morgan fingerprint density at radius 1 is 1.26 bits per heavy atom. The van der Waals surface area contributed by atoms with Crippen molar-refractivity contribution in [3.8, 4) is 0 Å². The van der Waals surface area contributed by atoms with Gasteiger partial charge in [0.05, 0.1) is 4.90 Å². The van der Waals surface area contributed by atoms with Gasteiger partial charge >= 0.3 is 0 Å². The van der Waals surface area contributed by atoms with Crippen LogP contribution in [0, 0.1) is 12.3 Å². The van der Waals surface area contributed by atoms with Crippen molar-refractivity contribution in [3.63, 3.8) is 0 Å². The van der Waals surface area contributed by atoms with E-state index in [0.29, 0.717) is 13.0 Å². The first-order valence-corrected chi connectivity index (χ1v) is 7.86. The van der Waals surface area contributed by atoms with Crippen molar-refractivity contribution in [1.82, 2.24) is 4.31 Å². The molecule has 0 bridgehead atoms. The molecule has 1 heterocycles. The zero-order valence-electron chi connectivity index (χ0n) is 11.6. The van der Waals surface area contributed by atoms with Crippen LogP contribution < -0.4 is 0 Å². The Kier molecular flexibility index (Phi) is 3.71. The lowest BCUT2D eigenvalue weighted by atomic mass is 9.84. The molecule has 0 radical (unpaired) electrons. The van der Waals surface area contributed by atoms with E-state index in [0.717, 1.165) is 5.56 Å². The zero-order chi connectivity index (χ0) is 14.3. The summed E-state index contributed by atoms with van der Waals surface area (Å²) in [5, 5.41) is 0. The summed E-state index contributed by atoms with van der Waals surface area (Å²) in [6.07, 6.45) is -0.684. The van der Waals surface area contributed by atoms with E-state index in [2.05, 4.69) is 0 Å². The van der Waals surface area contributed by atoms with E-state index in [1.165, 1.54) is 4.31 Å². The molecule has 19 heavy (non-hydrogen) atoms. The second-order valence-electron chi connectivity index (χ2n) is 6.08. The first-order valence-electron chi connectivity index (χ1n) is 6.42. The minimum atomic E-state index is -3.59. The number of alkyl halides is 1. The van der Waals surface area contributed by atoms with Crippen LogP contribution in [0.25, 0.3) is 0 Å². The van der Waals surface area contributed by atoms with Crippen LogP contribution in [0.15, 0.2) is 29.2 Å². The van der Waals surface area contributed by atoms with Crippen molar-refractivity contribution in [1.29, 1.82) is 0 Å². The number of piperidine rings is 1. The Labute approximate surface area is 114 Å². The fourth-order valence-corrected chi connectivity index (χ4v) is 4.19. The first kappa shape index (κ1) is 14.5. The van der Waals surface area contributed by atoms with Gasteiger partial charge in [-0.15, -0.1) is 0 Å². The molecule has 0 amide bonds. The number of hydrogen-bond acceptors (Lipinski definition) is 2. The molecule has 1 aromatic carbocycles. The monoisotopic (exact) mass is 285 g/mol. The summed E-state index contributed by atoms with van der Waals surface area (Å²) in [7, 11) is -3.59. The summed E-state index contributed by atoms with van der Waals surface area (Å²) in [5.74, 6) is 0. The van der Waals surface area contributed by atoms with Gasteiger partial charge in [-0.1, -0.05) is 31.5 Å². The summed E-state index contributed by atoms with van der Waals surface area (Å²) >= 11 is 0. The lowest BCUT2D eigenvalue weighted by Gasteiger charge is -2.38. The molecule has 0 unspecified atom stereocenters. The van der Waals surface area contributed by atoms with Gasteiger partial charge in [0.25, 0.3) is 0 Å². The van der Waals surface area contributed by atoms with E-state index < -0.39 is 16.2 Å². The molecule has 1 aliphatic rings. The predicted molar refractivity (Wildman–Crippen MR) is 73.2 cm³/mol. The molecule has 5 heteroatoms. The summed E-state index contributed by atoms with van der Waals surface area (Å²) in [6, 6.07) is 6.68. The van der Waals surface area contributed by atoms with E-state index in [4.69, 9.17) is 0 Å². The SMILES string of the molecule is Cc1ccc(S(=O)(=O)N2C[C@H](F)CC(C)(C)C2)cc1. The van der Waals surface area contributed by atoms with Crippen molar-refractivity contribution < 1.29 is 12.8 Å². The first-order chi connectivity index (χ1) is 8.71. The van der Waals surface area contributed by atoms with Gasteiger partial charge in [-0.3, -0.25) is 0 Å². The Morgan fingerprint density at radius 3 is 2.37 bits per heavy atom. The summed E-state index contributed by atoms with van der Waals surface area (Å²) in [6.45, 7) is 6.02. The third-order valence-electron chi connectivity index (χ3n) is 3.44. The molecule has 106 valence electrons. The number of benzene rings is 1. The van der Waals surface area contributed by atoms with E-state index >= 15 is 0 Å². The zero-order valence-corrected chi connectivity index (χ0v) is 12.4. The molecular weight excluding hydrogens is 265 g/mol. The highest BCUT2D eigenvalue weighted by atomic mass is 32.2. The number of sulfonamides is 1. The lowest BCUT2D eigenvalue weighted by Crippen LogP contribution is -2.48. The normalized spacial score (nSPS) is 24.3. The van der Waals surface area contributed by atoms with Gasteiger partial charge in [0, 0.05) is 13.1 Å². The molecule has 0 aromatic heterocycles. The molecule has 0 N–H and O–H groups in total. The van der Waals surface area contributed by atoms with Crippen LogP contribution in [-0.2, 0) is 10.0 Å². The van der Waals surface area contributed by atoms with Gasteiger partial charge in [0.2, 0.25) is 10.0 Å². The van der Waals surface area contributed by atoms with Crippen LogP contribution in [0.5, 0.6) is 0 Å². The van der Waals surface area contributed by atoms with Crippen LogP contribution in [0.4, 0.5) is 4.39 Å². The summed E-state index contributed by atoms with van der Waals surface area (Å²) in [5.41, 5.74) is 0.677. The molecule has 1 saturated heterocycles. The fourth-order valence-electron chi connectivity index (χ4n) is 2.53. The maximum atomic E-state index is 13.7. The Morgan fingerprint density at radius 2 is 1.84 bits per heavy atom. The van der Waals surface area contributed by atoms with E-state index in [-0.39, 0.29) is 16.9 Å².